The van der Waals surface area contributed by atoms with Gasteiger partial charge in [-0.3, -0.25) is 4.90 Å². The molecular formula is C31H36BrN3O4. The molecule has 39 heavy (non-hydrogen) atoms. The highest BCUT2D eigenvalue weighted by Gasteiger charge is 2.35. The summed E-state index contributed by atoms with van der Waals surface area (Å²) in [5.74, 6) is 0.296. The first kappa shape index (κ1) is 26.4. The Morgan fingerprint density at radius 2 is 1.95 bits per heavy atom. The van der Waals surface area contributed by atoms with Crippen molar-refractivity contribution in [1.29, 1.82) is 0 Å². The van der Waals surface area contributed by atoms with Crippen LogP contribution in [0.5, 0.6) is 5.75 Å². The van der Waals surface area contributed by atoms with Gasteiger partial charge in [-0.2, -0.15) is 0 Å². The van der Waals surface area contributed by atoms with E-state index in [4.69, 9.17) is 9.47 Å². The lowest BCUT2D eigenvalue weighted by Crippen LogP contribution is -2.44. The first-order valence-corrected chi connectivity index (χ1v) is 14.7. The number of aliphatic hydroxyl groups is 1. The molecule has 7 nitrogen and oxygen atoms in total. The van der Waals surface area contributed by atoms with Crippen LogP contribution < -0.4 is 4.74 Å². The SMILES string of the molecule is CCOC(=O)c1c(C)n(C[C@@H](O)CN2CCn3c4c(c5cc(C)ccc53)CCC[C@H]42)c2cc(Br)c(OC)cc12. The number of halogens is 1. The first-order valence-electron chi connectivity index (χ1n) is 13.9. The lowest BCUT2D eigenvalue weighted by molar-refractivity contribution is 0.0519. The van der Waals surface area contributed by atoms with E-state index in [1.165, 1.54) is 27.7 Å². The van der Waals surface area contributed by atoms with Crippen molar-refractivity contribution in [3.63, 3.8) is 0 Å². The van der Waals surface area contributed by atoms with Crippen molar-refractivity contribution < 1.29 is 19.4 Å². The summed E-state index contributed by atoms with van der Waals surface area (Å²) < 4.78 is 16.3. The topological polar surface area (TPSA) is 68.9 Å². The Morgan fingerprint density at radius 3 is 2.72 bits per heavy atom. The van der Waals surface area contributed by atoms with E-state index < -0.39 is 6.10 Å². The molecule has 6 rings (SSSR count). The fourth-order valence-electron chi connectivity index (χ4n) is 6.88. The number of fused-ring (bicyclic) bond motifs is 4. The Morgan fingerprint density at radius 1 is 1.13 bits per heavy atom. The van der Waals surface area contributed by atoms with E-state index in [0.717, 1.165) is 53.4 Å². The van der Waals surface area contributed by atoms with Crippen LogP contribution in [-0.4, -0.2) is 58.0 Å². The second-order valence-electron chi connectivity index (χ2n) is 10.9. The van der Waals surface area contributed by atoms with Crippen LogP contribution in [0, 0.1) is 13.8 Å². The van der Waals surface area contributed by atoms with Gasteiger partial charge in [0.1, 0.15) is 5.75 Å². The third kappa shape index (κ3) is 4.37. The molecule has 0 radical (unpaired) electrons. The number of benzene rings is 2. The van der Waals surface area contributed by atoms with Crippen LogP contribution in [0.3, 0.4) is 0 Å². The molecule has 0 bridgehead atoms. The normalized spacial score (nSPS) is 17.9. The summed E-state index contributed by atoms with van der Waals surface area (Å²) in [5, 5.41) is 13.6. The molecule has 0 spiro atoms. The molecule has 2 atom stereocenters. The zero-order valence-electron chi connectivity index (χ0n) is 23.1. The smallest absolute Gasteiger partial charge is 0.340 e. The maximum Gasteiger partial charge on any atom is 0.340 e. The van der Waals surface area contributed by atoms with Crippen molar-refractivity contribution >= 4 is 43.7 Å². The average Bonchev–Trinajstić information content (AvgIpc) is 3.37. The van der Waals surface area contributed by atoms with Gasteiger partial charge in [-0.05, 0) is 85.8 Å². The number of aromatic nitrogens is 2. The molecule has 0 saturated carbocycles. The predicted molar refractivity (Wildman–Crippen MR) is 157 cm³/mol. The van der Waals surface area contributed by atoms with Crippen LogP contribution in [0.15, 0.2) is 34.8 Å². The maximum atomic E-state index is 13.0. The number of nitrogens with zero attached hydrogens (tertiary/aromatic N) is 3. The largest absolute Gasteiger partial charge is 0.496 e. The van der Waals surface area contributed by atoms with Crippen LogP contribution in [-0.2, 0) is 24.2 Å². The number of carbonyl (C=O) groups is 1. The summed E-state index contributed by atoms with van der Waals surface area (Å²) in [6.07, 6.45) is 2.80. The second kappa shape index (κ2) is 10.3. The third-order valence-corrected chi connectivity index (χ3v) is 9.17. The van der Waals surface area contributed by atoms with Gasteiger partial charge >= 0.3 is 5.97 Å². The van der Waals surface area contributed by atoms with Crippen LogP contribution in [0.4, 0.5) is 0 Å². The van der Waals surface area contributed by atoms with Crippen LogP contribution in [0.2, 0.25) is 0 Å². The minimum atomic E-state index is -0.598. The highest BCUT2D eigenvalue weighted by molar-refractivity contribution is 9.10. The quantitative estimate of drug-likeness (QED) is 0.270. The van der Waals surface area contributed by atoms with Gasteiger partial charge in [0.25, 0.3) is 0 Å². The third-order valence-electron chi connectivity index (χ3n) is 8.55. The summed E-state index contributed by atoms with van der Waals surface area (Å²) in [4.78, 5) is 15.4. The molecule has 2 aliphatic rings. The molecule has 2 aromatic carbocycles. The molecule has 4 aromatic rings. The summed E-state index contributed by atoms with van der Waals surface area (Å²) in [6, 6.07) is 11.0. The maximum absolute atomic E-state index is 13.0. The zero-order valence-corrected chi connectivity index (χ0v) is 24.7. The number of aliphatic hydroxyl groups excluding tert-OH is 1. The Bertz CT molecular complexity index is 1590. The standard InChI is InChI=1S/C31H36BrN3O4/c1-5-39-31(37)29-19(3)35(27-15-24(32)28(38-4)14-23(27)29)17-20(36)16-33-11-12-34-25-10-9-18(2)13-22(25)21-7-6-8-26(33)30(21)34/h9-10,13-15,20,26,36H,5-8,11-12,16-17H2,1-4H3/t20-,26+/m0/s1. The van der Waals surface area contributed by atoms with Gasteiger partial charge < -0.3 is 23.7 Å². The molecule has 0 fully saturated rings. The van der Waals surface area contributed by atoms with Crippen LogP contribution in [0.25, 0.3) is 21.8 Å². The average molecular weight is 595 g/mol. The van der Waals surface area contributed by atoms with Crippen molar-refractivity contribution in [2.45, 2.75) is 65.3 Å². The van der Waals surface area contributed by atoms with E-state index >= 15 is 0 Å². The minimum absolute atomic E-state index is 0.301. The number of hydrogen-bond acceptors (Lipinski definition) is 5. The van der Waals surface area contributed by atoms with E-state index in [2.05, 4.69) is 50.5 Å². The van der Waals surface area contributed by atoms with E-state index in [1.807, 2.05) is 30.5 Å². The number of rotatable bonds is 7. The van der Waals surface area contributed by atoms with Crippen molar-refractivity contribution in [3.05, 3.63) is 62.9 Å². The fraction of sp³-hybridized carbons (Fsp3) is 0.452. The molecule has 2 aromatic heterocycles. The highest BCUT2D eigenvalue weighted by Crippen LogP contribution is 2.43. The number of ether oxygens (including phenoxy) is 2. The summed E-state index contributed by atoms with van der Waals surface area (Å²) in [7, 11) is 1.61. The number of β-amino-alcohol motifs (C(OH)–C–C–N with tert-alkyl or cyclic N) is 1. The Labute approximate surface area is 237 Å². The van der Waals surface area contributed by atoms with Crippen molar-refractivity contribution in [1.82, 2.24) is 14.0 Å². The van der Waals surface area contributed by atoms with E-state index in [0.29, 0.717) is 37.1 Å². The summed E-state index contributed by atoms with van der Waals surface area (Å²) in [6.45, 7) is 9.01. The molecule has 1 aliphatic carbocycles. The van der Waals surface area contributed by atoms with Gasteiger partial charge in [0.15, 0.2) is 0 Å². The molecule has 0 unspecified atom stereocenters. The second-order valence-corrected chi connectivity index (χ2v) is 11.7. The van der Waals surface area contributed by atoms with E-state index in [-0.39, 0.29) is 5.97 Å². The van der Waals surface area contributed by atoms with Crippen LogP contribution >= 0.6 is 15.9 Å². The molecule has 0 amide bonds. The molecule has 8 heteroatoms. The lowest BCUT2D eigenvalue weighted by atomic mass is 9.89. The predicted octanol–water partition coefficient (Wildman–Crippen LogP) is 5.91. The molecule has 1 N–H and O–H groups in total. The number of methoxy groups -OCH3 is 1. The lowest BCUT2D eigenvalue weighted by Gasteiger charge is -2.40. The molecule has 3 heterocycles. The van der Waals surface area contributed by atoms with E-state index in [9.17, 15) is 9.90 Å². The fourth-order valence-corrected chi connectivity index (χ4v) is 7.37. The zero-order chi connectivity index (χ0) is 27.4. The molecule has 206 valence electrons. The number of esters is 1. The van der Waals surface area contributed by atoms with Gasteiger partial charge in [-0.15, -0.1) is 0 Å². The van der Waals surface area contributed by atoms with Gasteiger partial charge in [-0.1, -0.05) is 11.6 Å². The first-order chi connectivity index (χ1) is 18.8. The number of hydrogen-bond donors (Lipinski definition) is 1. The minimum Gasteiger partial charge on any atom is -0.496 e. The molecule has 0 saturated heterocycles. The van der Waals surface area contributed by atoms with Crippen molar-refractivity contribution in [3.8, 4) is 5.75 Å². The Balaban J connectivity index is 1.31. The van der Waals surface area contributed by atoms with Gasteiger partial charge in [0.2, 0.25) is 0 Å². The van der Waals surface area contributed by atoms with Crippen molar-refractivity contribution in [2.24, 2.45) is 0 Å². The summed E-state index contributed by atoms with van der Waals surface area (Å²) >= 11 is 3.60. The van der Waals surface area contributed by atoms with Gasteiger partial charge in [0, 0.05) is 47.3 Å². The Kier molecular flexibility index (Phi) is 6.98. The number of carbonyl (C=O) groups excluding carboxylic acids is 1. The highest BCUT2D eigenvalue weighted by atomic mass is 79.9. The van der Waals surface area contributed by atoms with E-state index in [1.54, 1.807) is 7.11 Å². The van der Waals surface area contributed by atoms with Gasteiger partial charge in [-0.25, -0.2) is 4.79 Å². The Hall–Kier alpha value is -2.81. The molecule has 1 aliphatic heterocycles. The number of aryl methyl sites for hydroxylation is 2. The molecular weight excluding hydrogens is 558 g/mol. The monoisotopic (exact) mass is 593 g/mol. The van der Waals surface area contributed by atoms with Crippen LogP contribution in [0.1, 0.15) is 58.7 Å². The van der Waals surface area contributed by atoms with Crippen molar-refractivity contribution in [2.75, 3.05) is 26.8 Å². The summed E-state index contributed by atoms with van der Waals surface area (Å²) in [5.41, 5.74) is 7.78. The van der Waals surface area contributed by atoms with Gasteiger partial charge in [0.05, 0.1) is 48.0 Å².